The van der Waals surface area contributed by atoms with E-state index in [4.69, 9.17) is 5.11 Å². The molecule has 6 nitrogen and oxygen atoms in total. The van der Waals surface area contributed by atoms with Crippen LogP contribution >= 0.6 is 11.8 Å². The Balaban J connectivity index is 2.45. The first-order chi connectivity index (χ1) is 8.71. The van der Waals surface area contributed by atoms with Gasteiger partial charge in [-0.2, -0.15) is 0 Å². The lowest BCUT2D eigenvalue weighted by atomic mass is 9.86. The van der Waals surface area contributed by atoms with Crippen molar-refractivity contribution in [2.24, 2.45) is 5.41 Å². The molecular weight excluding hydrogens is 268 g/mol. The van der Waals surface area contributed by atoms with Crippen LogP contribution in [0.1, 0.15) is 27.2 Å². The van der Waals surface area contributed by atoms with Crippen LogP contribution in [0, 0.1) is 5.41 Å². The third-order valence-corrected chi connectivity index (χ3v) is 3.76. The normalized spacial score (nSPS) is 17.4. The van der Waals surface area contributed by atoms with Crippen molar-refractivity contribution in [2.45, 2.75) is 33.2 Å². The van der Waals surface area contributed by atoms with Crippen LogP contribution in [-0.2, 0) is 9.59 Å². The Morgan fingerprint density at radius 2 is 2.11 bits per heavy atom. The van der Waals surface area contributed by atoms with E-state index in [9.17, 15) is 14.4 Å². The van der Waals surface area contributed by atoms with Gasteiger partial charge >= 0.3 is 5.97 Å². The number of carbonyl (C=O) groups is 3. The Kier molecular flexibility index (Phi) is 5.22. The van der Waals surface area contributed by atoms with Crippen molar-refractivity contribution in [2.75, 3.05) is 18.8 Å². The first-order valence-corrected chi connectivity index (χ1v) is 7.14. The van der Waals surface area contributed by atoms with Gasteiger partial charge in [-0.05, 0) is 5.41 Å². The lowest BCUT2D eigenvalue weighted by Gasteiger charge is -2.28. The van der Waals surface area contributed by atoms with Crippen LogP contribution in [0.4, 0.5) is 4.79 Å². The van der Waals surface area contributed by atoms with Crippen LogP contribution in [0.15, 0.2) is 0 Å². The van der Waals surface area contributed by atoms with Gasteiger partial charge in [0.2, 0.25) is 5.91 Å². The number of rotatable bonds is 5. The van der Waals surface area contributed by atoms with Crippen molar-refractivity contribution in [3.8, 4) is 0 Å². The van der Waals surface area contributed by atoms with Crippen LogP contribution in [0.2, 0.25) is 0 Å². The molecule has 108 valence electrons. The Morgan fingerprint density at radius 3 is 2.53 bits per heavy atom. The molecule has 0 radical (unpaired) electrons. The van der Waals surface area contributed by atoms with Crippen LogP contribution in [0.25, 0.3) is 0 Å². The van der Waals surface area contributed by atoms with Gasteiger partial charge < -0.3 is 15.3 Å². The minimum absolute atomic E-state index is 0.0154. The predicted molar refractivity (Wildman–Crippen MR) is 73.1 cm³/mol. The zero-order chi connectivity index (χ0) is 14.6. The molecule has 0 aromatic heterocycles. The molecule has 1 fully saturated rings. The molecule has 1 aliphatic rings. The number of carboxylic acid groups (broad SMARTS) is 1. The molecule has 1 aliphatic heterocycles. The quantitative estimate of drug-likeness (QED) is 0.792. The fourth-order valence-corrected chi connectivity index (χ4v) is 2.60. The van der Waals surface area contributed by atoms with E-state index in [0.29, 0.717) is 13.1 Å². The second-order valence-electron chi connectivity index (χ2n) is 5.56. The molecule has 1 saturated heterocycles. The number of hydrogen-bond donors (Lipinski definition) is 2. The fraction of sp³-hybridized carbons (Fsp3) is 0.750. The summed E-state index contributed by atoms with van der Waals surface area (Å²) in [6.45, 7) is 6.26. The molecule has 0 saturated carbocycles. The summed E-state index contributed by atoms with van der Waals surface area (Å²) in [7, 11) is 0. The van der Waals surface area contributed by atoms with Crippen molar-refractivity contribution < 1.29 is 19.5 Å². The summed E-state index contributed by atoms with van der Waals surface area (Å²) >= 11 is 1.24. The third-order valence-electron chi connectivity index (χ3n) is 2.87. The summed E-state index contributed by atoms with van der Waals surface area (Å²) < 4.78 is 0. The van der Waals surface area contributed by atoms with Gasteiger partial charge in [-0.25, -0.2) is 4.79 Å². The van der Waals surface area contributed by atoms with Crippen molar-refractivity contribution in [3.05, 3.63) is 0 Å². The van der Waals surface area contributed by atoms with E-state index in [1.165, 1.54) is 11.8 Å². The van der Waals surface area contributed by atoms with Crippen molar-refractivity contribution in [3.63, 3.8) is 0 Å². The molecule has 0 spiro atoms. The first kappa shape index (κ1) is 15.8. The lowest BCUT2D eigenvalue weighted by molar-refractivity contribution is -0.145. The van der Waals surface area contributed by atoms with Gasteiger partial charge in [0.15, 0.2) is 0 Å². The topological polar surface area (TPSA) is 86.7 Å². The highest BCUT2D eigenvalue weighted by atomic mass is 32.2. The molecule has 2 amide bonds. The highest BCUT2D eigenvalue weighted by molar-refractivity contribution is 8.13. The van der Waals surface area contributed by atoms with Gasteiger partial charge in [0.1, 0.15) is 6.04 Å². The summed E-state index contributed by atoms with van der Waals surface area (Å²) in [5.41, 5.74) is -0.555. The first-order valence-electron chi connectivity index (χ1n) is 6.15. The van der Waals surface area contributed by atoms with E-state index in [1.807, 2.05) is 0 Å². The van der Waals surface area contributed by atoms with Gasteiger partial charge in [-0.15, -0.1) is 0 Å². The number of nitrogens with zero attached hydrogens (tertiary/aromatic N) is 1. The largest absolute Gasteiger partial charge is 0.480 e. The molecule has 0 aliphatic carbocycles. The van der Waals surface area contributed by atoms with Crippen LogP contribution in [0.3, 0.4) is 0 Å². The molecule has 2 N–H and O–H groups in total. The van der Waals surface area contributed by atoms with E-state index >= 15 is 0 Å². The van der Waals surface area contributed by atoms with Gasteiger partial charge in [0.05, 0.1) is 0 Å². The summed E-state index contributed by atoms with van der Waals surface area (Å²) in [6.07, 6.45) is 0.131. The number of nitrogens with one attached hydrogen (secondary N) is 1. The second-order valence-corrected chi connectivity index (χ2v) is 6.60. The average Bonchev–Trinajstić information content (AvgIpc) is 2.67. The SMILES string of the molecule is CC(C)(C)[C@@H](NC(=O)CCN1CCSC1=O)C(=O)O. The Bertz CT molecular complexity index is 378. The Morgan fingerprint density at radius 1 is 1.47 bits per heavy atom. The van der Waals surface area contributed by atoms with Crippen molar-refractivity contribution in [1.82, 2.24) is 10.2 Å². The maximum Gasteiger partial charge on any atom is 0.326 e. The van der Waals surface area contributed by atoms with E-state index in [1.54, 1.807) is 25.7 Å². The van der Waals surface area contributed by atoms with Gasteiger partial charge in [0.25, 0.3) is 5.24 Å². The lowest BCUT2D eigenvalue weighted by Crippen LogP contribution is -2.49. The smallest absolute Gasteiger partial charge is 0.326 e. The van der Waals surface area contributed by atoms with E-state index in [0.717, 1.165) is 5.75 Å². The summed E-state index contributed by atoms with van der Waals surface area (Å²) in [4.78, 5) is 35.8. The number of amides is 2. The molecule has 1 heterocycles. The van der Waals surface area contributed by atoms with Gasteiger partial charge in [-0.1, -0.05) is 32.5 Å². The van der Waals surface area contributed by atoms with Gasteiger partial charge in [-0.3, -0.25) is 9.59 Å². The molecule has 0 aromatic carbocycles. The van der Waals surface area contributed by atoms with Crippen LogP contribution in [0.5, 0.6) is 0 Å². The minimum atomic E-state index is -1.05. The van der Waals surface area contributed by atoms with E-state index in [-0.39, 0.29) is 17.6 Å². The second kappa shape index (κ2) is 6.27. The van der Waals surface area contributed by atoms with Crippen molar-refractivity contribution in [1.29, 1.82) is 0 Å². The zero-order valence-corrected chi connectivity index (χ0v) is 12.2. The molecule has 1 rings (SSSR count). The summed E-state index contributed by atoms with van der Waals surface area (Å²) in [5, 5.41) is 11.6. The van der Waals surface area contributed by atoms with E-state index in [2.05, 4.69) is 5.32 Å². The highest BCUT2D eigenvalue weighted by Gasteiger charge is 2.32. The molecular formula is C12H20N2O4S. The number of aliphatic carboxylic acids is 1. The van der Waals surface area contributed by atoms with Crippen molar-refractivity contribution >= 4 is 28.9 Å². The molecule has 19 heavy (non-hydrogen) atoms. The summed E-state index contributed by atoms with van der Waals surface area (Å²) in [6, 6.07) is -0.927. The van der Waals surface area contributed by atoms with Crippen LogP contribution in [-0.4, -0.2) is 52.0 Å². The van der Waals surface area contributed by atoms with Gasteiger partial charge in [0, 0.05) is 25.3 Å². The monoisotopic (exact) mass is 288 g/mol. The predicted octanol–water partition coefficient (Wildman–Crippen LogP) is 1.16. The Labute approximate surface area is 116 Å². The molecule has 1 atom stereocenters. The third kappa shape index (κ3) is 4.74. The maximum atomic E-state index is 11.7. The Hall–Kier alpha value is -1.24. The fourth-order valence-electron chi connectivity index (χ4n) is 1.75. The average molecular weight is 288 g/mol. The number of carboxylic acids is 1. The zero-order valence-electron chi connectivity index (χ0n) is 11.4. The number of carbonyl (C=O) groups excluding carboxylic acids is 2. The summed E-state index contributed by atoms with van der Waals surface area (Å²) in [5.74, 6) is -0.638. The number of hydrogen-bond acceptors (Lipinski definition) is 4. The standard InChI is InChI=1S/C12H20N2O4S/c1-12(2,3)9(10(16)17)13-8(15)4-5-14-6-7-19-11(14)18/h9H,4-7H2,1-3H3,(H,13,15)(H,16,17)/t9-/m0/s1. The van der Waals surface area contributed by atoms with E-state index < -0.39 is 17.4 Å². The highest BCUT2D eigenvalue weighted by Crippen LogP contribution is 2.20. The maximum absolute atomic E-state index is 11.7. The number of thioether (sulfide) groups is 1. The molecule has 0 aromatic rings. The molecule has 7 heteroatoms. The molecule has 0 bridgehead atoms. The van der Waals surface area contributed by atoms with Crippen LogP contribution < -0.4 is 5.32 Å². The minimum Gasteiger partial charge on any atom is -0.480 e. The molecule has 0 unspecified atom stereocenters.